The predicted molar refractivity (Wildman–Crippen MR) is 81.5 cm³/mol. The normalized spacial score (nSPS) is 13.4. The lowest BCUT2D eigenvalue weighted by atomic mass is 10.2. The topological polar surface area (TPSA) is 69.2 Å². The molecule has 0 spiro atoms. The summed E-state index contributed by atoms with van der Waals surface area (Å²) >= 11 is 1.68. The zero-order chi connectivity index (χ0) is 14.8. The van der Waals surface area contributed by atoms with Crippen LogP contribution in [0.25, 0.3) is 0 Å². The maximum Gasteiger partial charge on any atom is 0.275 e. The van der Waals surface area contributed by atoms with E-state index in [4.69, 9.17) is 0 Å². The van der Waals surface area contributed by atoms with Gasteiger partial charge in [-0.3, -0.25) is 9.89 Å². The van der Waals surface area contributed by atoms with Crippen LogP contribution in [0.5, 0.6) is 0 Å². The summed E-state index contributed by atoms with van der Waals surface area (Å²) in [6, 6.07) is 4.08. The Balaban J connectivity index is 1.81. The summed E-state index contributed by atoms with van der Waals surface area (Å²) in [5.41, 5.74) is 2.68. The monoisotopic (exact) mass is 305 g/mol. The van der Waals surface area contributed by atoms with Crippen molar-refractivity contribution in [1.82, 2.24) is 15.1 Å². The van der Waals surface area contributed by atoms with Gasteiger partial charge in [0, 0.05) is 27.6 Å². The number of hydrogen-bond acceptors (Lipinski definition) is 4. The van der Waals surface area contributed by atoms with Crippen LogP contribution in [0.3, 0.4) is 0 Å². The van der Waals surface area contributed by atoms with Crippen molar-refractivity contribution in [3.05, 3.63) is 38.8 Å². The molecule has 0 saturated carbocycles. The number of aliphatic hydroxyl groups excluding tert-OH is 1. The van der Waals surface area contributed by atoms with Crippen LogP contribution in [0, 0.1) is 6.92 Å². The van der Waals surface area contributed by atoms with Crippen molar-refractivity contribution in [2.75, 3.05) is 13.2 Å². The number of aromatic amines is 1. The fourth-order valence-corrected chi connectivity index (χ4v) is 3.68. The number of aryl methyl sites for hydroxylation is 2. The van der Waals surface area contributed by atoms with E-state index in [0.717, 1.165) is 35.4 Å². The van der Waals surface area contributed by atoms with E-state index in [9.17, 15) is 9.90 Å². The SMILES string of the molecule is Cc1ccc(CN(CCO)C(=O)c2n[nH]c3c2CCC3)s1. The fraction of sp³-hybridized carbons (Fsp3) is 0.467. The van der Waals surface area contributed by atoms with Crippen molar-refractivity contribution in [1.29, 1.82) is 0 Å². The Morgan fingerprint density at radius 3 is 3.05 bits per heavy atom. The average molecular weight is 305 g/mol. The Morgan fingerprint density at radius 1 is 1.48 bits per heavy atom. The molecule has 0 fully saturated rings. The summed E-state index contributed by atoms with van der Waals surface area (Å²) < 4.78 is 0. The van der Waals surface area contributed by atoms with E-state index >= 15 is 0 Å². The molecule has 0 unspecified atom stereocenters. The highest BCUT2D eigenvalue weighted by molar-refractivity contribution is 7.11. The maximum absolute atomic E-state index is 12.7. The number of rotatable bonds is 5. The minimum atomic E-state index is -0.0884. The van der Waals surface area contributed by atoms with Gasteiger partial charge in [0.25, 0.3) is 5.91 Å². The summed E-state index contributed by atoms with van der Waals surface area (Å²) in [7, 11) is 0. The van der Waals surface area contributed by atoms with E-state index < -0.39 is 0 Å². The van der Waals surface area contributed by atoms with Crippen LogP contribution in [0.2, 0.25) is 0 Å². The van der Waals surface area contributed by atoms with E-state index in [1.807, 2.05) is 19.1 Å². The first kappa shape index (κ1) is 14.3. The van der Waals surface area contributed by atoms with Gasteiger partial charge in [-0.1, -0.05) is 0 Å². The molecule has 0 bridgehead atoms. The lowest BCUT2D eigenvalue weighted by Gasteiger charge is -2.20. The van der Waals surface area contributed by atoms with E-state index in [1.165, 1.54) is 4.88 Å². The Hall–Kier alpha value is -1.66. The molecule has 2 aromatic heterocycles. The van der Waals surface area contributed by atoms with E-state index in [1.54, 1.807) is 16.2 Å². The molecule has 0 atom stereocenters. The van der Waals surface area contributed by atoms with Gasteiger partial charge in [-0.15, -0.1) is 11.3 Å². The van der Waals surface area contributed by atoms with Gasteiger partial charge in [0.05, 0.1) is 13.2 Å². The number of carbonyl (C=O) groups excluding carboxylic acids is 1. The van der Waals surface area contributed by atoms with Crippen molar-refractivity contribution in [3.63, 3.8) is 0 Å². The number of nitrogens with one attached hydrogen (secondary N) is 1. The summed E-state index contributed by atoms with van der Waals surface area (Å²) in [6.45, 7) is 2.87. The van der Waals surface area contributed by atoms with Gasteiger partial charge in [0.1, 0.15) is 0 Å². The van der Waals surface area contributed by atoms with E-state index in [2.05, 4.69) is 10.2 Å². The van der Waals surface area contributed by atoms with Gasteiger partial charge in [-0.25, -0.2) is 0 Å². The number of amides is 1. The fourth-order valence-electron chi connectivity index (χ4n) is 2.78. The molecule has 3 rings (SSSR count). The first-order chi connectivity index (χ1) is 10.2. The molecule has 2 N–H and O–H groups in total. The zero-order valence-electron chi connectivity index (χ0n) is 12.1. The number of aliphatic hydroxyl groups is 1. The first-order valence-corrected chi connectivity index (χ1v) is 8.02. The van der Waals surface area contributed by atoms with Gasteiger partial charge in [-0.2, -0.15) is 5.10 Å². The van der Waals surface area contributed by atoms with Gasteiger partial charge >= 0.3 is 0 Å². The number of fused-ring (bicyclic) bond motifs is 1. The molecular weight excluding hydrogens is 286 g/mol. The third-order valence-corrected chi connectivity index (χ3v) is 4.79. The second-order valence-electron chi connectivity index (χ2n) is 5.35. The number of hydrogen-bond donors (Lipinski definition) is 2. The quantitative estimate of drug-likeness (QED) is 0.886. The van der Waals surface area contributed by atoms with Crippen LogP contribution in [0.4, 0.5) is 0 Å². The smallest absolute Gasteiger partial charge is 0.275 e. The predicted octanol–water partition coefficient (Wildman–Crippen LogP) is 1.90. The lowest BCUT2D eigenvalue weighted by molar-refractivity contribution is 0.0702. The highest BCUT2D eigenvalue weighted by Gasteiger charge is 2.26. The van der Waals surface area contributed by atoms with Gasteiger partial charge in [0.15, 0.2) is 5.69 Å². The third-order valence-electron chi connectivity index (χ3n) is 3.81. The molecule has 0 aliphatic heterocycles. The number of H-pyrrole nitrogens is 1. The second kappa shape index (κ2) is 5.99. The summed E-state index contributed by atoms with van der Waals surface area (Å²) in [4.78, 5) is 16.7. The van der Waals surface area contributed by atoms with Crippen LogP contribution < -0.4 is 0 Å². The Morgan fingerprint density at radius 2 is 2.33 bits per heavy atom. The molecule has 6 heteroatoms. The molecule has 0 aromatic carbocycles. The van der Waals surface area contributed by atoms with Crippen molar-refractivity contribution < 1.29 is 9.90 Å². The highest BCUT2D eigenvalue weighted by Crippen LogP contribution is 2.25. The molecule has 112 valence electrons. The van der Waals surface area contributed by atoms with E-state index in [0.29, 0.717) is 18.8 Å². The Kier molecular flexibility index (Phi) is 4.07. The minimum absolute atomic E-state index is 0.0390. The molecule has 21 heavy (non-hydrogen) atoms. The number of thiophene rings is 1. The molecule has 0 saturated heterocycles. The maximum atomic E-state index is 12.7. The van der Waals surface area contributed by atoms with Gasteiger partial charge in [-0.05, 0) is 38.3 Å². The number of nitrogens with zero attached hydrogens (tertiary/aromatic N) is 2. The molecule has 1 aliphatic rings. The second-order valence-corrected chi connectivity index (χ2v) is 6.72. The van der Waals surface area contributed by atoms with E-state index in [-0.39, 0.29) is 12.5 Å². The summed E-state index contributed by atoms with van der Waals surface area (Å²) in [6.07, 6.45) is 2.96. The number of carbonyl (C=O) groups is 1. The molecule has 2 aromatic rings. The van der Waals surface area contributed by atoms with Crippen molar-refractivity contribution >= 4 is 17.2 Å². The highest BCUT2D eigenvalue weighted by atomic mass is 32.1. The molecule has 1 amide bonds. The van der Waals surface area contributed by atoms with Crippen LogP contribution >= 0.6 is 11.3 Å². The Labute approximate surface area is 127 Å². The largest absolute Gasteiger partial charge is 0.395 e. The molecular formula is C15H19N3O2S. The summed E-state index contributed by atoms with van der Waals surface area (Å²) in [5.74, 6) is -0.0884. The minimum Gasteiger partial charge on any atom is -0.395 e. The van der Waals surface area contributed by atoms with Crippen LogP contribution in [0.15, 0.2) is 12.1 Å². The van der Waals surface area contributed by atoms with Crippen molar-refractivity contribution in [2.24, 2.45) is 0 Å². The number of aromatic nitrogens is 2. The van der Waals surface area contributed by atoms with Crippen LogP contribution in [-0.4, -0.2) is 39.3 Å². The molecule has 0 radical (unpaired) electrons. The standard InChI is InChI=1S/C15H19N3O2S/c1-10-5-6-11(21-10)9-18(7-8-19)15(20)14-12-3-2-4-13(12)16-17-14/h5-6,19H,2-4,7-9H2,1H3,(H,16,17). The van der Waals surface area contributed by atoms with Crippen LogP contribution in [0.1, 0.15) is 37.9 Å². The molecule has 2 heterocycles. The lowest BCUT2D eigenvalue weighted by Crippen LogP contribution is -2.33. The first-order valence-electron chi connectivity index (χ1n) is 7.20. The van der Waals surface area contributed by atoms with Crippen LogP contribution in [-0.2, 0) is 19.4 Å². The Bertz CT molecular complexity index is 647. The van der Waals surface area contributed by atoms with Gasteiger partial charge in [0.2, 0.25) is 0 Å². The van der Waals surface area contributed by atoms with Crippen molar-refractivity contribution in [3.8, 4) is 0 Å². The third kappa shape index (κ3) is 2.87. The van der Waals surface area contributed by atoms with Crippen molar-refractivity contribution in [2.45, 2.75) is 32.7 Å². The summed E-state index contributed by atoms with van der Waals surface area (Å²) in [5, 5.41) is 16.4. The molecule has 1 aliphatic carbocycles. The van der Waals surface area contributed by atoms with Gasteiger partial charge < -0.3 is 10.0 Å². The molecule has 5 nitrogen and oxygen atoms in total. The average Bonchev–Trinajstić information content (AvgIpc) is 3.14. The zero-order valence-corrected chi connectivity index (χ0v) is 12.9.